The third-order valence-corrected chi connectivity index (χ3v) is 5.20. The first-order valence-corrected chi connectivity index (χ1v) is 9.97. The van der Waals surface area contributed by atoms with Crippen molar-refractivity contribution >= 4 is 11.8 Å². The minimum Gasteiger partial charge on any atom is -0.497 e. The van der Waals surface area contributed by atoms with E-state index in [-0.39, 0.29) is 11.8 Å². The smallest absolute Gasteiger partial charge is 0.238 e. The van der Waals surface area contributed by atoms with Crippen LogP contribution in [0.2, 0.25) is 0 Å². The highest BCUT2D eigenvalue weighted by molar-refractivity contribution is 6.07. The summed E-state index contributed by atoms with van der Waals surface area (Å²) in [6.07, 6.45) is 1.20. The van der Waals surface area contributed by atoms with Gasteiger partial charge in [-0.2, -0.15) is 0 Å². The molecule has 6 heteroatoms. The van der Waals surface area contributed by atoms with Crippen molar-refractivity contribution in [1.29, 1.82) is 0 Å². The molecule has 0 bridgehead atoms. The third kappa shape index (κ3) is 5.08. The van der Waals surface area contributed by atoms with Crippen LogP contribution in [-0.4, -0.2) is 43.5 Å². The van der Waals surface area contributed by atoms with E-state index in [0.29, 0.717) is 44.8 Å². The standard InChI is InChI=1S/C23H28N2O4/c1-3-25(17-18-7-5-4-6-8-18)22(27)23(13-14-23)21(26)24-15-16-29-20-11-9-19(28-2)10-12-20/h4-12H,3,13-17H2,1-2H3,(H,24,26). The van der Waals surface area contributed by atoms with E-state index in [2.05, 4.69) is 5.32 Å². The van der Waals surface area contributed by atoms with Crippen LogP contribution in [0, 0.1) is 5.41 Å². The second-order valence-electron chi connectivity index (χ2n) is 7.17. The molecule has 6 nitrogen and oxygen atoms in total. The van der Waals surface area contributed by atoms with Gasteiger partial charge in [0, 0.05) is 13.1 Å². The van der Waals surface area contributed by atoms with E-state index in [1.54, 1.807) is 12.0 Å². The van der Waals surface area contributed by atoms with Crippen molar-refractivity contribution in [2.75, 3.05) is 26.8 Å². The lowest BCUT2D eigenvalue weighted by Crippen LogP contribution is -2.45. The number of hydrogen-bond acceptors (Lipinski definition) is 4. The molecule has 0 atom stereocenters. The Hall–Kier alpha value is -3.02. The first-order chi connectivity index (χ1) is 14.1. The Labute approximate surface area is 171 Å². The largest absolute Gasteiger partial charge is 0.497 e. The fraction of sp³-hybridized carbons (Fsp3) is 0.391. The summed E-state index contributed by atoms with van der Waals surface area (Å²) < 4.78 is 10.7. The minimum absolute atomic E-state index is 0.0857. The maximum atomic E-state index is 13.0. The number of amides is 2. The molecule has 3 rings (SSSR count). The molecule has 2 aromatic rings. The summed E-state index contributed by atoms with van der Waals surface area (Å²) in [5.41, 5.74) is 0.150. The zero-order valence-electron chi connectivity index (χ0n) is 17.0. The highest BCUT2D eigenvalue weighted by Gasteiger charge is 2.57. The molecule has 29 heavy (non-hydrogen) atoms. The molecule has 2 amide bonds. The summed E-state index contributed by atoms with van der Waals surface area (Å²) in [5, 5.41) is 2.87. The Morgan fingerprint density at radius 3 is 2.28 bits per heavy atom. The summed E-state index contributed by atoms with van der Waals surface area (Å²) in [4.78, 5) is 27.5. The molecule has 1 aliphatic carbocycles. The Morgan fingerprint density at radius 2 is 1.69 bits per heavy atom. The van der Waals surface area contributed by atoms with Crippen molar-refractivity contribution in [3.63, 3.8) is 0 Å². The van der Waals surface area contributed by atoms with Gasteiger partial charge in [0.2, 0.25) is 11.8 Å². The van der Waals surface area contributed by atoms with Gasteiger partial charge >= 0.3 is 0 Å². The molecule has 0 aromatic heterocycles. The quantitative estimate of drug-likeness (QED) is 0.495. The molecule has 0 saturated heterocycles. The third-order valence-electron chi connectivity index (χ3n) is 5.20. The normalized spacial score (nSPS) is 14.0. The first-order valence-electron chi connectivity index (χ1n) is 9.97. The van der Waals surface area contributed by atoms with Crippen LogP contribution in [-0.2, 0) is 16.1 Å². The Kier molecular flexibility index (Phi) is 6.75. The molecule has 0 heterocycles. The summed E-state index contributed by atoms with van der Waals surface area (Å²) in [7, 11) is 1.61. The Bertz CT molecular complexity index is 817. The molecule has 1 fully saturated rings. The van der Waals surface area contributed by atoms with Gasteiger partial charge in [0.05, 0.1) is 13.7 Å². The minimum atomic E-state index is -0.912. The number of ether oxygens (including phenoxy) is 2. The summed E-state index contributed by atoms with van der Waals surface area (Å²) >= 11 is 0. The van der Waals surface area contributed by atoms with E-state index < -0.39 is 5.41 Å². The average Bonchev–Trinajstić information content (AvgIpc) is 3.58. The number of rotatable bonds is 10. The Morgan fingerprint density at radius 1 is 1.03 bits per heavy atom. The van der Waals surface area contributed by atoms with Gasteiger partial charge in [-0.05, 0) is 49.6 Å². The lowest BCUT2D eigenvalue weighted by atomic mass is 10.0. The molecular weight excluding hydrogens is 368 g/mol. The van der Waals surface area contributed by atoms with E-state index in [4.69, 9.17) is 9.47 Å². The van der Waals surface area contributed by atoms with Crippen LogP contribution >= 0.6 is 0 Å². The van der Waals surface area contributed by atoms with Crippen molar-refractivity contribution in [3.05, 3.63) is 60.2 Å². The van der Waals surface area contributed by atoms with Gasteiger partial charge in [-0.3, -0.25) is 9.59 Å². The molecular formula is C23H28N2O4. The molecule has 0 radical (unpaired) electrons. The summed E-state index contributed by atoms with van der Waals surface area (Å²) in [5.74, 6) is 1.18. The van der Waals surface area contributed by atoms with E-state index >= 15 is 0 Å². The van der Waals surface area contributed by atoms with E-state index in [1.807, 2.05) is 61.5 Å². The fourth-order valence-corrected chi connectivity index (χ4v) is 3.27. The van der Waals surface area contributed by atoms with Crippen LogP contribution < -0.4 is 14.8 Å². The highest BCUT2D eigenvalue weighted by Crippen LogP contribution is 2.47. The van der Waals surface area contributed by atoms with Gasteiger partial charge in [-0.1, -0.05) is 30.3 Å². The average molecular weight is 396 g/mol. The van der Waals surface area contributed by atoms with Gasteiger partial charge < -0.3 is 19.7 Å². The number of carbonyl (C=O) groups is 2. The molecule has 1 N–H and O–H groups in total. The number of hydrogen-bond donors (Lipinski definition) is 1. The predicted molar refractivity (Wildman–Crippen MR) is 111 cm³/mol. The van der Waals surface area contributed by atoms with Crippen LogP contribution in [0.1, 0.15) is 25.3 Å². The van der Waals surface area contributed by atoms with E-state index in [9.17, 15) is 9.59 Å². The van der Waals surface area contributed by atoms with Crippen LogP contribution in [0.15, 0.2) is 54.6 Å². The van der Waals surface area contributed by atoms with Crippen molar-refractivity contribution in [2.45, 2.75) is 26.3 Å². The summed E-state index contributed by atoms with van der Waals surface area (Å²) in [6, 6.07) is 17.1. The molecule has 0 unspecified atom stereocenters. The lowest BCUT2D eigenvalue weighted by Gasteiger charge is -2.26. The molecule has 1 aliphatic rings. The number of carbonyl (C=O) groups excluding carboxylic acids is 2. The van der Waals surface area contributed by atoms with Crippen LogP contribution in [0.3, 0.4) is 0 Å². The second kappa shape index (κ2) is 9.45. The number of benzene rings is 2. The zero-order valence-corrected chi connectivity index (χ0v) is 17.0. The SMILES string of the molecule is CCN(Cc1ccccc1)C(=O)C1(C(=O)NCCOc2ccc(OC)cc2)CC1. The number of methoxy groups -OCH3 is 1. The predicted octanol–water partition coefficient (Wildman–Crippen LogP) is 3.02. The fourth-order valence-electron chi connectivity index (χ4n) is 3.27. The van der Waals surface area contributed by atoms with Gasteiger partial charge in [-0.25, -0.2) is 0 Å². The van der Waals surface area contributed by atoms with Crippen LogP contribution in [0.5, 0.6) is 11.5 Å². The van der Waals surface area contributed by atoms with Crippen molar-refractivity contribution in [3.8, 4) is 11.5 Å². The van der Waals surface area contributed by atoms with E-state index in [0.717, 1.165) is 11.3 Å². The van der Waals surface area contributed by atoms with Gasteiger partial charge in [0.15, 0.2) is 0 Å². The maximum Gasteiger partial charge on any atom is 0.238 e. The summed E-state index contributed by atoms with van der Waals surface area (Å²) in [6.45, 7) is 3.72. The molecule has 2 aromatic carbocycles. The zero-order chi connectivity index (χ0) is 20.7. The topological polar surface area (TPSA) is 67.9 Å². The van der Waals surface area contributed by atoms with Gasteiger partial charge in [0.1, 0.15) is 23.5 Å². The van der Waals surface area contributed by atoms with Crippen molar-refractivity contribution < 1.29 is 19.1 Å². The second-order valence-corrected chi connectivity index (χ2v) is 7.17. The van der Waals surface area contributed by atoms with Crippen molar-refractivity contribution in [2.24, 2.45) is 5.41 Å². The van der Waals surface area contributed by atoms with Crippen LogP contribution in [0.25, 0.3) is 0 Å². The molecule has 0 spiro atoms. The van der Waals surface area contributed by atoms with Gasteiger partial charge in [-0.15, -0.1) is 0 Å². The maximum absolute atomic E-state index is 13.0. The number of nitrogens with one attached hydrogen (secondary N) is 1. The number of nitrogens with zero attached hydrogens (tertiary/aromatic N) is 1. The van der Waals surface area contributed by atoms with Crippen molar-refractivity contribution in [1.82, 2.24) is 10.2 Å². The lowest BCUT2D eigenvalue weighted by molar-refractivity contribution is -0.144. The van der Waals surface area contributed by atoms with Gasteiger partial charge in [0.25, 0.3) is 0 Å². The monoisotopic (exact) mass is 396 g/mol. The molecule has 154 valence electrons. The first kappa shape index (κ1) is 20.7. The van der Waals surface area contributed by atoms with Crippen LogP contribution in [0.4, 0.5) is 0 Å². The molecule has 1 saturated carbocycles. The highest BCUT2D eigenvalue weighted by atomic mass is 16.5. The Balaban J connectivity index is 1.49. The molecule has 0 aliphatic heterocycles. The van der Waals surface area contributed by atoms with E-state index in [1.165, 1.54) is 0 Å².